The van der Waals surface area contributed by atoms with E-state index in [1.54, 1.807) is 24.3 Å². The van der Waals surface area contributed by atoms with E-state index in [0.717, 1.165) is 24.2 Å². The van der Waals surface area contributed by atoms with E-state index in [9.17, 15) is 19.2 Å². The predicted molar refractivity (Wildman–Crippen MR) is 148 cm³/mol. The van der Waals surface area contributed by atoms with Gasteiger partial charge in [-0.1, -0.05) is 43.5 Å². The minimum atomic E-state index is -1.17. The second-order valence-corrected chi connectivity index (χ2v) is 9.73. The Labute approximate surface area is 226 Å². The fourth-order valence-electron chi connectivity index (χ4n) is 5.01. The predicted octanol–water partition coefficient (Wildman–Crippen LogP) is 1.47. The lowest BCUT2D eigenvalue weighted by atomic mass is 9.86. The van der Waals surface area contributed by atoms with Crippen LogP contribution in [0.25, 0.3) is 0 Å². The van der Waals surface area contributed by atoms with Gasteiger partial charge in [-0.15, -0.1) is 0 Å². The van der Waals surface area contributed by atoms with Gasteiger partial charge >= 0.3 is 0 Å². The molecule has 2 aromatic rings. The number of hydrogen-bond acceptors (Lipinski definition) is 8. The zero-order valence-corrected chi connectivity index (χ0v) is 22.0. The van der Waals surface area contributed by atoms with Crippen LogP contribution in [-0.4, -0.2) is 58.6 Å². The first-order chi connectivity index (χ1) is 18.5. The summed E-state index contributed by atoms with van der Waals surface area (Å²) in [6.07, 6.45) is 3.95. The van der Waals surface area contributed by atoms with Crippen molar-refractivity contribution in [2.24, 2.45) is 22.9 Å². The topological polar surface area (TPSA) is 223 Å². The van der Waals surface area contributed by atoms with Gasteiger partial charge in [-0.25, -0.2) is 0 Å². The summed E-state index contributed by atoms with van der Waals surface area (Å²) in [5.41, 5.74) is 23.9. The molecule has 0 saturated heterocycles. The van der Waals surface area contributed by atoms with Crippen molar-refractivity contribution in [1.29, 1.82) is 10.8 Å². The Kier molecular flexibility index (Phi) is 9.44. The number of Topliss-reactive ketones (excluding diaryl/α,β-unsaturated/α-hetero) is 2. The number of benzene rings is 2. The first kappa shape index (κ1) is 29.3. The zero-order chi connectivity index (χ0) is 28.9. The van der Waals surface area contributed by atoms with Crippen LogP contribution in [0.5, 0.6) is 0 Å². The third-order valence-electron chi connectivity index (χ3n) is 6.99. The zero-order valence-electron chi connectivity index (χ0n) is 22.0. The Balaban J connectivity index is 2.12. The first-order valence-electron chi connectivity index (χ1n) is 12.8. The molecule has 0 heterocycles. The summed E-state index contributed by atoms with van der Waals surface area (Å²) in [5, 5.41) is 15.7. The molecule has 39 heavy (non-hydrogen) atoms. The molecule has 11 nitrogen and oxygen atoms in total. The van der Waals surface area contributed by atoms with Crippen molar-refractivity contribution in [3.63, 3.8) is 0 Å². The molecule has 0 unspecified atom stereocenters. The van der Waals surface area contributed by atoms with Crippen LogP contribution in [0, 0.1) is 10.8 Å². The highest BCUT2D eigenvalue weighted by atomic mass is 16.2. The Morgan fingerprint density at radius 2 is 1.49 bits per heavy atom. The van der Waals surface area contributed by atoms with E-state index in [0.29, 0.717) is 24.0 Å². The van der Waals surface area contributed by atoms with Crippen LogP contribution in [0.4, 0.5) is 0 Å². The molecule has 0 bridgehead atoms. The minimum absolute atomic E-state index is 0.00483. The molecule has 3 rings (SSSR count). The van der Waals surface area contributed by atoms with Gasteiger partial charge in [0.15, 0.2) is 11.6 Å². The summed E-state index contributed by atoms with van der Waals surface area (Å²) in [6, 6.07) is 7.70. The summed E-state index contributed by atoms with van der Waals surface area (Å²) in [5.74, 6) is -3.16. The number of rotatable bonds is 10. The number of amidine groups is 2. The molecule has 1 atom stereocenters. The van der Waals surface area contributed by atoms with Gasteiger partial charge in [0.25, 0.3) is 5.91 Å². The molecular formula is C28H35N7O4. The molecule has 0 aliphatic heterocycles. The lowest BCUT2D eigenvalue weighted by molar-refractivity contribution is -0.129. The van der Waals surface area contributed by atoms with E-state index in [2.05, 4.69) is 0 Å². The van der Waals surface area contributed by atoms with Gasteiger partial charge in [-0.05, 0) is 43.9 Å². The molecule has 1 fully saturated rings. The number of nitrogens with zero attached hydrogens (tertiary/aromatic N) is 1. The van der Waals surface area contributed by atoms with E-state index in [1.807, 2.05) is 0 Å². The lowest BCUT2D eigenvalue weighted by Gasteiger charge is -2.33. The van der Waals surface area contributed by atoms with Crippen molar-refractivity contribution in [2.75, 3.05) is 6.54 Å². The Hall–Kier alpha value is -4.22. The van der Waals surface area contributed by atoms with Crippen molar-refractivity contribution in [3.8, 4) is 0 Å². The fourth-order valence-corrected chi connectivity index (χ4v) is 5.01. The third-order valence-corrected chi connectivity index (χ3v) is 6.99. The Morgan fingerprint density at radius 3 is 2.00 bits per heavy atom. The molecule has 2 aromatic carbocycles. The smallest absolute Gasteiger partial charge is 0.261 e. The number of carbonyl (C=O) groups excluding carboxylic acids is 4. The van der Waals surface area contributed by atoms with Crippen LogP contribution in [0.1, 0.15) is 86.8 Å². The second-order valence-electron chi connectivity index (χ2n) is 9.73. The molecule has 1 saturated carbocycles. The molecule has 0 spiro atoms. The quantitative estimate of drug-likeness (QED) is 0.149. The molecule has 206 valence electrons. The molecule has 10 N–H and O–H groups in total. The van der Waals surface area contributed by atoms with Gasteiger partial charge in [0.2, 0.25) is 5.91 Å². The van der Waals surface area contributed by atoms with E-state index < -0.39 is 41.8 Å². The summed E-state index contributed by atoms with van der Waals surface area (Å²) >= 11 is 0. The highest BCUT2D eigenvalue weighted by Gasteiger charge is 2.36. The van der Waals surface area contributed by atoms with Crippen molar-refractivity contribution in [1.82, 2.24) is 4.90 Å². The summed E-state index contributed by atoms with van der Waals surface area (Å²) in [6.45, 7) is 0.868. The number of ketones is 2. The van der Waals surface area contributed by atoms with Crippen LogP contribution in [0.15, 0.2) is 36.4 Å². The average molecular weight is 534 g/mol. The van der Waals surface area contributed by atoms with Gasteiger partial charge in [0.05, 0.1) is 18.2 Å². The number of nitrogen functional groups attached to an aromatic ring is 2. The fraction of sp³-hybridized carbons (Fsp3) is 0.357. The van der Waals surface area contributed by atoms with Crippen LogP contribution in [0.2, 0.25) is 0 Å². The maximum Gasteiger partial charge on any atom is 0.261 e. The van der Waals surface area contributed by atoms with Crippen LogP contribution >= 0.6 is 0 Å². The highest BCUT2D eigenvalue weighted by molar-refractivity contribution is 6.21. The monoisotopic (exact) mass is 533 g/mol. The van der Waals surface area contributed by atoms with Crippen molar-refractivity contribution >= 4 is 35.1 Å². The van der Waals surface area contributed by atoms with E-state index in [-0.39, 0.29) is 40.6 Å². The van der Waals surface area contributed by atoms with Gasteiger partial charge in [-0.2, -0.15) is 0 Å². The number of hydrogen-bond donors (Lipinski definition) is 6. The number of nitrogens with one attached hydrogen (secondary N) is 2. The Bertz CT molecular complexity index is 1310. The number of amides is 2. The van der Waals surface area contributed by atoms with E-state index in [1.165, 1.54) is 19.1 Å². The van der Waals surface area contributed by atoms with Gasteiger partial charge in [0.1, 0.15) is 11.7 Å². The maximum absolute atomic E-state index is 13.9. The van der Waals surface area contributed by atoms with Gasteiger partial charge in [0, 0.05) is 28.3 Å². The van der Waals surface area contributed by atoms with Crippen molar-refractivity contribution in [3.05, 3.63) is 69.8 Å². The molecule has 0 radical (unpaired) electrons. The van der Waals surface area contributed by atoms with Crippen molar-refractivity contribution in [2.45, 2.75) is 57.5 Å². The standard InChI is InChI=1S/C28H35N7O4/c1-15(36)19-11-12-20(28(39)35(22(37)14-29)18-5-3-2-4-6-18)23(24(19)27(33)34)25(38)21(30)13-16-7-9-17(10-8-16)26(31)32/h7-12,18,21H,2-6,13-14,29-30H2,1H3,(H3,31,32)(H3,33,34)/t21-/m0/s1. The van der Waals surface area contributed by atoms with E-state index >= 15 is 0 Å². The summed E-state index contributed by atoms with van der Waals surface area (Å²) in [4.78, 5) is 54.2. The van der Waals surface area contributed by atoms with Crippen molar-refractivity contribution < 1.29 is 19.2 Å². The molecular weight excluding hydrogens is 498 g/mol. The molecule has 0 aromatic heterocycles. The van der Waals surface area contributed by atoms with Crippen LogP contribution in [0.3, 0.4) is 0 Å². The SMILES string of the molecule is CC(=O)c1ccc(C(=O)N(C(=O)CN)C2CCCCC2)c(C(=O)[C@@H](N)Cc2ccc(C(=N)N)cc2)c1C(=N)N. The number of nitrogens with two attached hydrogens (primary N) is 4. The molecule has 1 aliphatic carbocycles. The van der Waals surface area contributed by atoms with Crippen LogP contribution in [-0.2, 0) is 11.2 Å². The average Bonchev–Trinajstić information content (AvgIpc) is 2.92. The molecule has 2 amide bonds. The largest absolute Gasteiger partial charge is 0.384 e. The van der Waals surface area contributed by atoms with Gasteiger partial charge in [-0.3, -0.25) is 34.9 Å². The Morgan fingerprint density at radius 1 is 0.897 bits per heavy atom. The first-order valence-corrected chi connectivity index (χ1v) is 12.8. The second kappa shape index (κ2) is 12.5. The maximum atomic E-state index is 13.9. The van der Waals surface area contributed by atoms with Crippen LogP contribution < -0.4 is 22.9 Å². The highest BCUT2D eigenvalue weighted by Crippen LogP contribution is 2.28. The van der Waals surface area contributed by atoms with Gasteiger partial charge < -0.3 is 22.9 Å². The minimum Gasteiger partial charge on any atom is -0.384 e. The number of carbonyl (C=O) groups is 4. The summed E-state index contributed by atoms with van der Waals surface area (Å²) < 4.78 is 0. The lowest BCUT2D eigenvalue weighted by Crippen LogP contribution is -2.49. The normalized spacial score (nSPS) is 14.3. The van der Waals surface area contributed by atoms with E-state index in [4.69, 9.17) is 33.8 Å². The summed E-state index contributed by atoms with van der Waals surface area (Å²) in [7, 11) is 0. The number of imide groups is 1. The molecule has 11 heteroatoms. The molecule has 1 aliphatic rings. The third kappa shape index (κ3) is 6.44.